The number of nitrogens with one attached hydrogen (secondary N) is 2. The molecule has 0 saturated heterocycles. The Morgan fingerprint density at radius 3 is 1.19 bits per heavy atom. The molecule has 7 rings (SSSR count). The van der Waals surface area contributed by atoms with Gasteiger partial charge < -0.3 is 10.6 Å². The minimum absolute atomic E-state index is 0.0488. The molecule has 10 heteroatoms. The Hall–Kier alpha value is -4.20. The number of nitrogens with zero attached hydrogens (tertiary/aromatic N) is 2. The molecule has 0 spiro atoms. The van der Waals surface area contributed by atoms with Gasteiger partial charge in [-0.25, -0.2) is 0 Å². The number of hydrogen-bond donors (Lipinski definition) is 2. The lowest BCUT2D eigenvalue weighted by Gasteiger charge is -2.26. The molecule has 1 aliphatic heterocycles. The summed E-state index contributed by atoms with van der Waals surface area (Å²) in [4.78, 5) is 37.5. The van der Waals surface area contributed by atoms with Crippen molar-refractivity contribution in [3.8, 4) is 22.3 Å². The van der Waals surface area contributed by atoms with E-state index in [1.807, 2.05) is 0 Å². The smallest absolute Gasteiger partial charge is 0.199 e. The molecule has 0 amide bonds. The van der Waals surface area contributed by atoms with Crippen LogP contribution in [0.15, 0.2) is 72.3 Å². The van der Waals surface area contributed by atoms with Crippen LogP contribution in [0.25, 0.3) is 33.3 Å². The molecule has 6 nitrogen and oxygen atoms in total. The molecule has 1 aliphatic carbocycles. The molecule has 2 heterocycles. The van der Waals surface area contributed by atoms with Crippen LogP contribution in [0.4, 0.5) is 11.4 Å². The van der Waals surface area contributed by atoms with Gasteiger partial charge in [0.25, 0.3) is 0 Å². The van der Waals surface area contributed by atoms with Gasteiger partial charge in [0, 0.05) is 23.5 Å². The van der Waals surface area contributed by atoms with Crippen LogP contribution in [0.2, 0.25) is 20.1 Å². The molecule has 276 valence electrons. The van der Waals surface area contributed by atoms with Crippen molar-refractivity contribution in [1.29, 1.82) is 0 Å². The Labute approximate surface area is 336 Å². The fraction of sp³-hybridized carbons (Fsp3) is 0.273. The number of Topliss-reactive ketones (excluding diaryl/α,β-unsaturated/α-hetero) is 2. The molecule has 0 saturated carbocycles. The summed E-state index contributed by atoms with van der Waals surface area (Å²) < 4.78 is 0. The SMILES string of the molecule is CC(C)c1cccc(C(C)C)c1-c1c2c(c(-c3c(C(C)C)cccc3C(C)C)c3nccnc13)NC(=CC=C1C(=O)c3c(Cl)c(Cl)c(Cl)c(Cl)c3C1=O)N2. The molecule has 54 heavy (non-hydrogen) atoms. The van der Waals surface area contributed by atoms with E-state index in [-0.39, 0.29) is 60.5 Å². The van der Waals surface area contributed by atoms with Crippen molar-refractivity contribution < 1.29 is 9.59 Å². The molecule has 0 radical (unpaired) electrons. The molecule has 2 N–H and O–H groups in total. The molecule has 0 atom stereocenters. The standard InChI is InChI=1S/C44H40Cl4N4O2/c1-19(2)23-11-9-12-24(20(3)4)29(23)33-39-40(50-18-17-49-39)34(30-25(21(5)6)13-10-14-26(30)22(7)8)42-41(33)51-28(52-42)16-15-27-43(53)31-32(44(27)54)36(46)38(48)37(47)35(31)45/h9-22,51-52H,1-8H3. The van der Waals surface area contributed by atoms with Crippen LogP contribution in [-0.4, -0.2) is 21.5 Å². The van der Waals surface area contributed by atoms with Gasteiger partial charge in [0.15, 0.2) is 11.6 Å². The zero-order valence-corrected chi connectivity index (χ0v) is 34.3. The summed E-state index contributed by atoms with van der Waals surface area (Å²) in [7, 11) is 0. The first-order valence-corrected chi connectivity index (χ1v) is 19.6. The Kier molecular flexibility index (Phi) is 10.2. The van der Waals surface area contributed by atoms with Crippen molar-refractivity contribution in [2.24, 2.45) is 0 Å². The van der Waals surface area contributed by atoms with Crippen LogP contribution in [-0.2, 0) is 0 Å². The second-order valence-electron chi connectivity index (χ2n) is 15.1. The van der Waals surface area contributed by atoms with Gasteiger partial charge in [-0.15, -0.1) is 0 Å². The lowest BCUT2D eigenvalue weighted by molar-refractivity contribution is 0.0989. The Balaban J connectivity index is 1.54. The van der Waals surface area contributed by atoms with E-state index in [4.69, 9.17) is 56.4 Å². The van der Waals surface area contributed by atoms with Gasteiger partial charge in [-0.3, -0.25) is 19.6 Å². The van der Waals surface area contributed by atoms with E-state index >= 15 is 0 Å². The van der Waals surface area contributed by atoms with Gasteiger partial charge in [0.05, 0.1) is 59.2 Å². The van der Waals surface area contributed by atoms with Crippen LogP contribution < -0.4 is 10.6 Å². The van der Waals surface area contributed by atoms with Gasteiger partial charge in [-0.05, 0) is 69.2 Å². The first-order chi connectivity index (χ1) is 25.6. The van der Waals surface area contributed by atoms with Gasteiger partial charge in [-0.2, -0.15) is 0 Å². The van der Waals surface area contributed by atoms with Gasteiger partial charge >= 0.3 is 0 Å². The highest BCUT2D eigenvalue weighted by atomic mass is 35.5. The second kappa shape index (κ2) is 14.5. The number of fused-ring (bicyclic) bond motifs is 3. The van der Waals surface area contributed by atoms with Crippen LogP contribution in [0.5, 0.6) is 0 Å². The van der Waals surface area contributed by atoms with Gasteiger partial charge in [0.2, 0.25) is 0 Å². The molecular weight excluding hydrogens is 758 g/mol. The number of anilines is 2. The molecule has 1 aromatic heterocycles. The Morgan fingerprint density at radius 1 is 0.500 bits per heavy atom. The highest BCUT2D eigenvalue weighted by molar-refractivity contribution is 6.57. The van der Waals surface area contributed by atoms with E-state index < -0.39 is 11.6 Å². The zero-order chi connectivity index (χ0) is 38.9. The second-order valence-corrected chi connectivity index (χ2v) is 16.6. The van der Waals surface area contributed by atoms with Crippen molar-refractivity contribution in [2.45, 2.75) is 79.1 Å². The van der Waals surface area contributed by atoms with Crippen molar-refractivity contribution in [3.63, 3.8) is 0 Å². The van der Waals surface area contributed by atoms with Gasteiger partial charge in [-0.1, -0.05) is 138 Å². The molecule has 0 bridgehead atoms. The average molecular weight is 799 g/mol. The molecule has 2 aliphatic rings. The van der Waals surface area contributed by atoms with Crippen LogP contribution in [0.1, 0.15) is 122 Å². The maximum Gasteiger partial charge on any atom is 0.199 e. The minimum atomic E-state index is -0.576. The minimum Gasteiger partial charge on any atom is -0.340 e. The summed E-state index contributed by atoms with van der Waals surface area (Å²) in [6.07, 6.45) is 6.68. The largest absolute Gasteiger partial charge is 0.340 e. The lowest BCUT2D eigenvalue weighted by Crippen LogP contribution is -2.05. The third-order valence-corrected chi connectivity index (χ3v) is 12.1. The third-order valence-electron chi connectivity index (χ3n) is 10.3. The summed E-state index contributed by atoms with van der Waals surface area (Å²) >= 11 is 25.5. The number of carbonyl (C=O) groups is 2. The predicted octanol–water partition coefficient (Wildman–Crippen LogP) is 13.8. The highest BCUT2D eigenvalue weighted by Crippen LogP contribution is 2.55. The monoisotopic (exact) mass is 796 g/mol. The fourth-order valence-electron chi connectivity index (χ4n) is 7.74. The molecule has 5 aromatic rings. The maximum absolute atomic E-state index is 13.7. The van der Waals surface area contributed by atoms with E-state index in [1.54, 1.807) is 18.5 Å². The van der Waals surface area contributed by atoms with Crippen LogP contribution in [0.3, 0.4) is 0 Å². The number of benzene rings is 4. The summed E-state index contributed by atoms with van der Waals surface area (Å²) in [6.45, 7) is 17.6. The first-order valence-electron chi connectivity index (χ1n) is 18.1. The summed E-state index contributed by atoms with van der Waals surface area (Å²) in [5.41, 5.74) is 11.9. The van der Waals surface area contributed by atoms with E-state index in [1.165, 1.54) is 28.3 Å². The number of rotatable bonds is 7. The predicted molar refractivity (Wildman–Crippen MR) is 225 cm³/mol. The number of halogens is 4. The number of allylic oxidation sites excluding steroid dienone is 3. The number of hydrogen-bond acceptors (Lipinski definition) is 6. The van der Waals surface area contributed by atoms with E-state index in [0.717, 1.165) is 44.7 Å². The molecule has 4 aromatic carbocycles. The summed E-state index contributed by atoms with van der Waals surface area (Å²) in [5, 5.41) is 6.99. The molecule has 0 unspecified atom stereocenters. The Morgan fingerprint density at radius 2 is 0.852 bits per heavy atom. The number of ketones is 2. The molecule has 0 fully saturated rings. The van der Waals surface area contributed by atoms with Crippen molar-refractivity contribution >= 4 is 80.4 Å². The quantitative estimate of drug-likeness (QED) is 0.0738. The summed E-state index contributed by atoms with van der Waals surface area (Å²) in [6, 6.07) is 13.0. The summed E-state index contributed by atoms with van der Waals surface area (Å²) in [5.74, 6) is 0.260. The molecular formula is C44H40Cl4N4O2. The normalized spacial score (nSPS) is 13.8. The van der Waals surface area contributed by atoms with E-state index in [9.17, 15) is 9.59 Å². The van der Waals surface area contributed by atoms with Crippen molar-refractivity contribution in [3.05, 3.63) is 126 Å². The van der Waals surface area contributed by atoms with Crippen LogP contribution >= 0.6 is 46.4 Å². The van der Waals surface area contributed by atoms with Crippen LogP contribution in [0, 0.1) is 0 Å². The van der Waals surface area contributed by atoms with E-state index in [0.29, 0.717) is 5.82 Å². The van der Waals surface area contributed by atoms with Gasteiger partial charge in [0.1, 0.15) is 5.82 Å². The topological polar surface area (TPSA) is 84.0 Å². The number of aromatic nitrogens is 2. The van der Waals surface area contributed by atoms with E-state index in [2.05, 4.69) is 102 Å². The van der Waals surface area contributed by atoms with Crippen molar-refractivity contribution in [2.75, 3.05) is 10.6 Å². The lowest BCUT2D eigenvalue weighted by atomic mass is 9.80. The van der Waals surface area contributed by atoms with Crippen molar-refractivity contribution in [1.82, 2.24) is 9.97 Å². The Bertz CT molecular complexity index is 2280. The highest BCUT2D eigenvalue weighted by Gasteiger charge is 2.40. The zero-order valence-electron chi connectivity index (χ0n) is 31.3. The maximum atomic E-state index is 13.7. The third kappa shape index (κ3) is 6.03. The first kappa shape index (κ1) is 38.1. The average Bonchev–Trinajstić information content (AvgIpc) is 3.67. The fourth-order valence-corrected chi connectivity index (χ4v) is 8.76. The number of carbonyl (C=O) groups excluding carboxylic acids is 2.